The molecule has 10 atom stereocenters. The van der Waals surface area contributed by atoms with Gasteiger partial charge in [0.1, 0.15) is 6.29 Å². The molecule has 0 aromatic carbocycles. The van der Waals surface area contributed by atoms with E-state index < -0.39 is 22.8 Å². The first-order valence-corrected chi connectivity index (χ1v) is 18.0. The van der Waals surface area contributed by atoms with Crippen molar-refractivity contribution in [3.05, 3.63) is 36.0 Å². The van der Waals surface area contributed by atoms with Gasteiger partial charge < -0.3 is 10.2 Å². The van der Waals surface area contributed by atoms with Crippen LogP contribution in [0, 0.1) is 57.2 Å². The third kappa shape index (κ3) is 6.53. The first-order valence-electron chi connectivity index (χ1n) is 18.0. The molecule has 252 valence electrons. The summed E-state index contributed by atoms with van der Waals surface area (Å²) in [6.45, 7) is 22.0. The molecule has 4 aliphatic carbocycles. The quantitative estimate of drug-likeness (QED) is 0.128. The predicted octanol–water partition coefficient (Wildman–Crippen LogP) is 10.1. The lowest BCUT2D eigenvalue weighted by Crippen LogP contribution is -2.53. The number of carbonyl (C=O) groups excluding carboxylic acids is 1. The standard InChI is InChI=1S/C40H62O5/c1-26(12-17-31-28(3)14-19-33-37(31,5)21-9-23-39(33,7)35(42)43)11-16-30(25-41)27(2)13-18-32-29(4)15-20-34-38(32,6)22-10-24-40(34,8)36(44)45/h16,25-27,31-34H,3-4,9-15,17-24H2,1-2,5-8H3,(H,42,43)(H,44,45)/b30-16-/t26-,27+,31+,32+,33?,34?,37-,38-,39+,40+/m1/s1. The number of aliphatic carboxylic acids is 2. The molecule has 0 radical (unpaired) electrons. The number of rotatable bonds is 12. The summed E-state index contributed by atoms with van der Waals surface area (Å²) < 4.78 is 0. The SMILES string of the molecule is C=C1CCC2[C@](C)(CCC[C@]2(C)C(=O)O)[C@H]1CC[C@H](C)C/C=C(/C=O)[C@@H](C)CC[C@H]1C(=C)CCC2[C@]1(C)CCC[C@]2(C)C(=O)O. The van der Waals surface area contributed by atoms with Gasteiger partial charge in [0.05, 0.1) is 10.8 Å². The lowest BCUT2D eigenvalue weighted by Gasteiger charge is -2.57. The zero-order valence-corrected chi connectivity index (χ0v) is 29.3. The van der Waals surface area contributed by atoms with Gasteiger partial charge in [-0.1, -0.05) is 70.9 Å². The van der Waals surface area contributed by atoms with E-state index in [2.05, 4.69) is 46.9 Å². The van der Waals surface area contributed by atoms with E-state index in [-0.39, 0.29) is 28.6 Å². The maximum atomic E-state index is 12.4. The van der Waals surface area contributed by atoms with Crippen molar-refractivity contribution in [1.29, 1.82) is 0 Å². The molecule has 0 saturated heterocycles. The first kappa shape index (κ1) is 35.7. The monoisotopic (exact) mass is 622 g/mol. The molecule has 5 heteroatoms. The lowest BCUT2D eigenvalue weighted by atomic mass is 9.46. The lowest BCUT2D eigenvalue weighted by molar-refractivity contribution is -0.164. The first-order chi connectivity index (χ1) is 21.0. The van der Waals surface area contributed by atoms with Gasteiger partial charge in [0, 0.05) is 0 Å². The number of fused-ring (bicyclic) bond motifs is 2. The molecule has 4 saturated carbocycles. The van der Waals surface area contributed by atoms with Crippen molar-refractivity contribution in [2.24, 2.45) is 57.2 Å². The average molecular weight is 623 g/mol. The van der Waals surface area contributed by atoms with Crippen LogP contribution in [-0.4, -0.2) is 28.4 Å². The molecule has 45 heavy (non-hydrogen) atoms. The van der Waals surface area contributed by atoms with Crippen molar-refractivity contribution in [2.45, 2.75) is 138 Å². The number of hydrogen-bond donors (Lipinski definition) is 2. The van der Waals surface area contributed by atoms with Crippen LogP contribution in [-0.2, 0) is 14.4 Å². The molecular weight excluding hydrogens is 560 g/mol. The van der Waals surface area contributed by atoms with E-state index in [1.54, 1.807) is 0 Å². The second-order valence-electron chi connectivity index (χ2n) is 17.0. The summed E-state index contributed by atoms with van der Waals surface area (Å²) in [7, 11) is 0. The minimum atomic E-state index is -0.670. The summed E-state index contributed by atoms with van der Waals surface area (Å²) >= 11 is 0. The van der Waals surface area contributed by atoms with Crippen LogP contribution >= 0.6 is 0 Å². The Hall–Kier alpha value is -2.17. The van der Waals surface area contributed by atoms with Gasteiger partial charge in [-0.15, -0.1) is 0 Å². The van der Waals surface area contributed by atoms with Gasteiger partial charge in [-0.3, -0.25) is 14.4 Å². The second-order valence-corrected chi connectivity index (χ2v) is 17.0. The summed E-state index contributed by atoms with van der Waals surface area (Å²) in [5, 5.41) is 20.3. The van der Waals surface area contributed by atoms with Crippen molar-refractivity contribution in [3.8, 4) is 0 Å². The van der Waals surface area contributed by atoms with E-state index in [0.717, 1.165) is 108 Å². The number of allylic oxidation sites excluding steroid dienone is 4. The highest BCUT2D eigenvalue weighted by Gasteiger charge is 2.58. The second kappa shape index (κ2) is 13.5. The molecule has 4 rings (SSSR count). The van der Waals surface area contributed by atoms with Gasteiger partial charge in [0.25, 0.3) is 0 Å². The Morgan fingerprint density at radius 3 is 1.67 bits per heavy atom. The van der Waals surface area contributed by atoms with Crippen LogP contribution in [0.4, 0.5) is 0 Å². The Balaban J connectivity index is 1.36. The molecule has 4 fully saturated rings. The van der Waals surface area contributed by atoms with Crippen molar-refractivity contribution >= 4 is 18.2 Å². The van der Waals surface area contributed by atoms with Crippen LogP contribution in [0.15, 0.2) is 36.0 Å². The van der Waals surface area contributed by atoms with Gasteiger partial charge in [0.15, 0.2) is 0 Å². The maximum Gasteiger partial charge on any atom is 0.309 e. The van der Waals surface area contributed by atoms with Crippen LogP contribution in [0.1, 0.15) is 138 Å². The number of carboxylic acids is 2. The number of hydrogen-bond acceptors (Lipinski definition) is 3. The van der Waals surface area contributed by atoms with Gasteiger partial charge >= 0.3 is 11.9 Å². The molecule has 0 amide bonds. The van der Waals surface area contributed by atoms with Gasteiger partial charge in [-0.05, 0) is 149 Å². The van der Waals surface area contributed by atoms with Gasteiger partial charge in [-0.25, -0.2) is 0 Å². The Labute approximate surface area is 273 Å². The van der Waals surface area contributed by atoms with E-state index in [4.69, 9.17) is 0 Å². The molecule has 0 spiro atoms. The van der Waals surface area contributed by atoms with Crippen molar-refractivity contribution in [2.75, 3.05) is 0 Å². The highest BCUT2D eigenvalue weighted by Crippen LogP contribution is 2.63. The molecule has 2 unspecified atom stereocenters. The largest absolute Gasteiger partial charge is 0.481 e. The molecule has 0 aliphatic heterocycles. The van der Waals surface area contributed by atoms with E-state index >= 15 is 0 Å². The van der Waals surface area contributed by atoms with Gasteiger partial charge in [0.2, 0.25) is 0 Å². The normalized spacial score (nSPS) is 40.2. The number of carboxylic acid groups (broad SMARTS) is 2. The summed E-state index contributed by atoms with van der Waals surface area (Å²) in [6.07, 6.45) is 17.2. The molecule has 0 bridgehead atoms. The Morgan fingerprint density at radius 2 is 1.24 bits per heavy atom. The van der Waals surface area contributed by atoms with E-state index in [0.29, 0.717) is 17.8 Å². The molecule has 4 aliphatic rings. The summed E-state index contributed by atoms with van der Waals surface area (Å²) in [5.74, 6) is 0.267. The summed E-state index contributed by atoms with van der Waals surface area (Å²) in [4.78, 5) is 37.0. The third-order valence-electron chi connectivity index (χ3n) is 14.3. The van der Waals surface area contributed by atoms with E-state index in [1.165, 1.54) is 11.1 Å². The minimum Gasteiger partial charge on any atom is -0.481 e. The molecule has 0 heterocycles. The zero-order chi connectivity index (χ0) is 33.4. The van der Waals surface area contributed by atoms with Gasteiger partial charge in [-0.2, -0.15) is 0 Å². The van der Waals surface area contributed by atoms with Crippen molar-refractivity contribution < 1.29 is 24.6 Å². The fraction of sp³-hybridized carbons (Fsp3) is 0.775. The average Bonchev–Trinajstić information content (AvgIpc) is 2.96. The van der Waals surface area contributed by atoms with Crippen molar-refractivity contribution in [3.63, 3.8) is 0 Å². The number of aldehydes is 1. The maximum absolute atomic E-state index is 12.4. The molecule has 2 N–H and O–H groups in total. The third-order valence-corrected chi connectivity index (χ3v) is 14.3. The molecular formula is C40H62O5. The number of carbonyl (C=O) groups is 3. The highest BCUT2D eigenvalue weighted by molar-refractivity contribution is 5.75. The minimum absolute atomic E-state index is 0.0161. The van der Waals surface area contributed by atoms with Crippen LogP contribution in [0.3, 0.4) is 0 Å². The summed E-state index contributed by atoms with van der Waals surface area (Å²) in [6, 6.07) is 0. The Kier molecular flexibility index (Phi) is 10.7. The highest BCUT2D eigenvalue weighted by atomic mass is 16.4. The Bertz CT molecular complexity index is 1200. The fourth-order valence-electron chi connectivity index (χ4n) is 11.3. The van der Waals surface area contributed by atoms with Crippen molar-refractivity contribution in [1.82, 2.24) is 0 Å². The molecule has 0 aromatic heterocycles. The van der Waals surface area contributed by atoms with Crippen LogP contribution < -0.4 is 0 Å². The van der Waals surface area contributed by atoms with E-state index in [9.17, 15) is 24.6 Å². The molecule has 0 aromatic rings. The smallest absolute Gasteiger partial charge is 0.309 e. The van der Waals surface area contributed by atoms with Crippen LogP contribution in [0.5, 0.6) is 0 Å². The Morgan fingerprint density at radius 1 is 0.800 bits per heavy atom. The van der Waals surface area contributed by atoms with Crippen LogP contribution in [0.25, 0.3) is 0 Å². The molecule has 5 nitrogen and oxygen atoms in total. The fourth-order valence-corrected chi connectivity index (χ4v) is 11.3. The van der Waals surface area contributed by atoms with E-state index in [1.807, 2.05) is 13.8 Å². The summed E-state index contributed by atoms with van der Waals surface area (Å²) in [5.41, 5.74) is 2.05. The van der Waals surface area contributed by atoms with Crippen LogP contribution in [0.2, 0.25) is 0 Å². The zero-order valence-electron chi connectivity index (χ0n) is 29.3. The predicted molar refractivity (Wildman–Crippen MR) is 182 cm³/mol. The topological polar surface area (TPSA) is 91.7 Å².